The topological polar surface area (TPSA) is 100 Å². The van der Waals surface area contributed by atoms with Gasteiger partial charge in [-0.2, -0.15) is 0 Å². The van der Waals surface area contributed by atoms with Crippen molar-refractivity contribution in [2.24, 2.45) is 11.3 Å². The molecule has 4 rings (SSSR count). The van der Waals surface area contributed by atoms with Gasteiger partial charge in [-0.25, -0.2) is 9.59 Å². The van der Waals surface area contributed by atoms with Crippen molar-refractivity contribution in [3.8, 4) is 0 Å². The van der Waals surface area contributed by atoms with E-state index in [0.29, 0.717) is 11.5 Å². The molecule has 1 spiro atoms. The molecule has 0 bridgehead atoms. The summed E-state index contributed by atoms with van der Waals surface area (Å²) in [6.45, 7) is 4.66. The van der Waals surface area contributed by atoms with Crippen LogP contribution in [-0.4, -0.2) is 59.4 Å². The molecular weight excluding hydrogens is 410 g/mol. The van der Waals surface area contributed by atoms with Crippen molar-refractivity contribution in [3.05, 3.63) is 30.2 Å². The Balaban J connectivity index is 0.000000427. The van der Waals surface area contributed by atoms with Gasteiger partial charge >= 0.3 is 11.9 Å². The number of aliphatic carboxylic acids is 2. The molecule has 0 atom stereocenters. The van der Waals surface area contributed by atoms with Crippen molar-refractivity contribution in [1.29, 1.82) is 0 Å². The third-order valence-electron chi connectivity index (χ3n) is 7.33. The van der Waals surface area contributed by atoms with Gasteiger partial charge < -0.3 is 24.3 Å². The molecule has 2 saturated carbocycles. The van der Waals surface area contributed by atoms with Gasteiger partial charge in [-0.3, -0.25) is 0 Å². The molecule has 7 heteroatoms. The minimum Gasteiger partial charge on any atom is -0.473 e. The summed E-state index contributed by atoms with van der Waals surface area (Å²) in [5.74, 6) is -2.89. The fraction of sp³-hybridized carbons (Fsp3) is 0.680. The monoisotopic (exact) mass is 447 g/mol. The molecule has 0 amide bonds. The normalized spacial score (nSPS) is 28.5. The average Bonchev–Trinajstić information content (AvgIpc) is 3.50. The van der Waals surface area contributed by atoms with E-state index in [1.807, 2.05) is 12.3 Å². The van der Waals surface area contributed by atoms with Crippen LogP contribution in [0.3, 0.4) is 0 Å². The lowest BCUT2D eigenvalue weighted by atomic mass is 9.63. The fourth-order valence-corrected chi connectivity index (χ4v) is 5.29. The number of rotatable bonds is 6. The number of carboxylic acids is 2. The summed E-state index contributed by atoms with van der Waals surface area (Å²) in [5.41, 5.74) is 1.83. The summed E-state index contributed by atoms with van der Waals surface area (Å²) in [5, 5.41) is 14.8. The molecule has 0 unspecified atom stereocenters. The van der Waals surface area contributed by atoms with Crippen LogP contribution < -0.4 is 0 Å². The number of carbonyl (C=O) groups is 2. The Bertz CT molecular complexity index is 708. The van der Waals surface area contributed by atoms with Gasteiger partial charge in [0.2, 0.25) is 0 Å². The maximum Gasteiger partial charge on any atom is 0.414 e. The van der Waals surface area contributed by atoms with Gasteiger partial charge in [-0.1, -0.05) is 12.2 Å². The third kappa shape index (κ3) is 7.78. The largest absolute Gasteiger partial charge is 0.473 e. The Morgan fingerprint density at radius 3 is 2.25 bits per heavy atom. The highest BCUT2D eigenvalue weighted by Gasteiger charge is 2.38. The van der Waals surface area contributed by atoms with E-state index < -0.39 is 11.9 Å². The molecule has 1 aromatic heterocycles. The molecule has 3 fully saturated rings. The van der Waals surface area contributed by atoms with Crippen LogP contribution >= 0.6 is 0 Å². The Morgan fingerprint density at radius 2 is 1.69 bits per heavy atom. The second-order valence-corrected chi connectivity index (χ2v) is 9.48. The Labute approximate surface area is 190 Å². The van der Waals surface area contributed by atoms with Gasteiger partial charge in [-0.05, 0) is 94.7 Å². The van der Waals surface area contributed by atoms with Gasteiger partial charge in [0.15, 0.2) is 0 Å². The Kier molecular flexibility index (Phi) is 9.36. The summed E-state index contributed by atoms with van der Waals surface area (Å²) in [7, 11) is 0. The van der Waals surface area contributed by atoms with E-state index in [0.717, 1.165) is 19.1 Å². The maximum absolute atomic E-state index is 9.10. The lowest BCUT2D eigenvalue weighted by Gasteiger charge is -2.44. The van der Waals surface area contributed by atoms with Crippen LogP contribution in [0.4, 0.5) is 0 Å². The number of furan rings is 1. The van der Waals surface area contributed by atoms with Crippen LogP contribution in [-0.2, 0) is 14.3 Å². The molecule has 1 aliphatic heterocycles. The van der Waals surface area contributed by atoms with Crippen molar-refractivity contribution in [1.82, 2.24) is 4.90 Å². The lowest BCUT2D eigenvalue weighted by molar-refractivity contribution is -0.159. The first-order chi connectivity index (χ1) is 15.5. The quantitative estimate of drug-likeness (QED) is 0.611. The highest BCUT2D eigenvalue weighted by atomic mass is 16.5. The van der Waals surface area contributed by atoms with E-state index in [-0.39, 0.29) is 0 Å². The molecule has 0 radical (unpaired) electrons. The third-order valence-corrected chi connectivity index (χ3v) is 7.33. The average molecular weight is 448 g/mol. The molecule has 0 aromatic carbocycles. The van der Waals surface area contributed by atoms with Gasteiger partial charge in [0.1, 0.15) is 0 Å². The zero-order chi connectivity index (χ0) is 22.8. The second kappa shape index (κ2) is 12.2. The smallest absolute Gasteiger partial charge is 0.414 e. The first kappa shape index (κ1) is 24.5. The molecular formula is C25H37NO6. The number of ether oxygens (including phenoxy) is 1. The van der Waals surface area contributed by atoms with Crippen LogP contribution in [0.15, 0.2) is 29.1 Å². The number of allylic oxidation sites excluding steroid dienone is 1. The predicted octanol–water partition coefficient (Wildman–Crippen LogP) is 4.68. The highest BCUT2D eigenvalue weighted by molar-refractivity contribution is 6.27. The standard InChI is InChI=1S/C23H35NO2.C2H2O4/c1-2-15-24(14-1)16-18-26-22-7-12-23(13-8-22)10-5-20(6-11-23)3-4-21-9-17-25-19-21;3-1(4)2(5)6/h3-4,9,17,19-20,22H,1-2,5-8,10-16,18H2;(H,3,4)(H,5,6). The van der Waals surface area contributed by atoms with Gasteiger partial charge in [-0.15, -0.1) is 0 Å². The van der Waals surface area contributed by atoms with E-state index >= 15 is 0 Å². The Hall–Kier alpha value is -2.12. The van der Waals surface area contributed by atoms with E-state index in [9.17, 15) is 0 Å². The van der Waals surface area contributed by atoms with Crippen LogP contribution in [0.2, 0.25) is 0 Å². The molecule has 2 N–H and O–H groups in total. The number of carboxylic acid groups (broad SMARTS) is 2. The summed E-state index contributed by atoms with van der Waals surface area (Å²) in [6, 6.07) is 2.03. The number of nitrogens with zero attached hydrogens (tertiary/aromatic N) is 1. The lowest BCUT2D eigenvalue weighted by Crippen LogP contribution is -2.35. The first-order valence-corrected chi connectivity index (χ1v) is 12.0. The van der Waals surface area contributed by atoms with Gasteiger partial charge in [0.25, 0.3) is 0 Å². The number of likely N-dealkylation sites (tertiary alicyclic amines) is 1. The highest BCUT2D eigenvalue weighted by Crippen LogP contribution is 2.49. The van der Waals surface area contributed by atoms with Crippen LogP contribution in [0.5, 0.6) is 0 Å². The molecule has 2 aliphatic carbocycles. The van der Waals surface area contributed by atoms with E-state index in [1.165, 1.54) is 82.9 Å². The molecule has 178 valence electrons. The van der Waals surface area contributed by atoms with E-state index in [4.69, 9.17) is 29.0 Å². The van der Waals surface area contributed by atoms with Gasteiger partial charge in [0.05, 0.1) is 25.2 Å². The number of hydrogen-bond acceptors (Lipinski definition) is 5. The van der Waals surface area contributed by atoms with Crippen molar-refractivity contribution in [3.63, 3.8) is 0 Å². The number of hydrogen-bond donors (Lipinski definition) is 2. The van der Waals surface area contributed by atoms with Crippen molar-refractivity contribution >= 4 is 18.0 Å². The van der Waals surface area contributed by atoms with Crippen LogP contribution in [0.1, 0.15) is 69.8 Å². The van der Waals surface area contributed by atoms with Crippen molar-refractivity contribution in [2.45, 2.75) is 70.3 Å². The van der Waals surface area contributed by atoms with Crippen molar-refractivity contribution in [2.75, 3.05) is 26.2 Å². The summed E-state index contributed by atoms with van der Waals surface area (Å²) >= 11 is 0. The summed E-state index contributed by atoms with van der Waals surface area (Å²) < 4.78 is 11.4. The SMILES string of the molecule is C(=CC1CCC2(CC1)CCC(OCCN1CCCC1)CC2)c1ccoc1.O=C(O)C(=O)O. The Morgan fingerprint density at radius 1 is 1.06 bits per heavy atom. The predicted molar refractivity (Wildman–Crippen MR) is 121 cm³/mol. The van der Waals surface area contributed by atoms with E-state index in [1.54, 1.807) is 6.26 Å². The first-order valence-electron chi connectivity index (χ1n) is 12.0. The summed E-state index contributed by atoms with van der Waals surface area (Å²) in [4.78, 5) is 20.8. The second-order valence-electron chi connectivity index (χ2n) is 9.48. The molecule has 1 saturated heterocycles. The molecule has 3 aliphatic rings. The summed E-state index contributed by atoms with van der Waals surface area (Å²) in [6.07, 6.45) is 22.4. The maximum atomic E-state index is 9.10. The minimum absolute atomic E-state index is 0.530. The molecule has 1 aromatic rings. The molecule has 7 nitrogen and oxygen atoms in total. The zero-order valence-electron chi connectivity index (χ0n) is 18.9. The molecule has 32 heavy (non-hydrogen) atoms. The van der Waals surface area contributed by atoms with Crippen LogP contribution in [0.25, 0.3) is 6.08 Å². The minimum atomic E-state index is -1.82. The molecule has 2 heterocycles. The fourth-order valence-electron chi connectivity index (χ4n) is 5.29. The zero-order valence-corrected chi connectivity index (χ0v) is 18.9. The van der Waals surface area contributed by atoms with Gasteiger partial charge in [0, 0.05) is 12.1 Å². The van der Waals surface area contributed by atoms with E-state index in [2.05, 4.69) is 17.1 Å². The van der Waals surface area contributed by atoms with Crippen LogP contribution in [0, 0.1) is 11.3 Å². The van der Waals surface area contributed by atoms with Crippen molar-refractivity contribution < 1.29 is 29.0 Å².